The number of esters is 1. The number of benzene rings is 2. The van der Waals surface area contributed by atoms with E-state index in [0.717, 1.165) is 15.6 Å². The first-order valence-corrected chi connectivity index (χ1v) is 9.36. The summed E-state index contributed by atoms with van der Waals surface area (Å²) in [7, 11) is 0. The van der Waals surface area contributed by atoms with E-state index in [1.54, 1.807) is 36.4 Å². The van der Waals surface area contributed by atoms with Crippen LogP contribution in [0, 0.1) is 0 Å². The third kappa shape index (κ3) is 5.99. The first kappa shape index (κ1) is 20.8. The van der Waals surface area contributed by atoms with Gasteiger partial charge in [0.25, 0.3) is 0 Å². The van der Waals surface area contributed by atoms with E-state index in [0.29, 0.717) is 30.3 Å². The Balaban J connectivity index is 2.02. The van der Waals surface area contributed by atoms with E-state index in [2.05, 4.69) is 15.9 Å². The summed E-state index contributed by atoms with van der Waals surface area (Å²) in [5.74, 6) is 0.343. The summed E-state index contributed by atoms with van der Waals surface area (Å²) in [4.78, 5) is 23.3. The Morgan fingerprint density at radius 3 is 2.15 bits per heavy atom. The van der Waals surface area contributed by atoms with Crippen molar-refractivity contribution >= 4 is 27.8 Å². The van der Waals surface area contributed by atoms with E-state index in [9.17, 15) is 9.59 Å². The smallest absolute Gasteiger partial charge is 0.310 e. The molecule has 0 atom stereocenters. The fourth-order valence-electron chi connectivity index (χ4n) is 2.38. The second kappa shape index (κ2) is 9.97. The molecule has 0 radical (unpaired) electrons. The molecule has 2 aromatic rings. The van der Waals surface area contributed by atoms with Crippen LogP contribution in [-0.4, -0.2) is 25.1 Å². The summed E-state index contributed by atoms with van der Waals surface area (Å²) in [5, 5.41) is 0. The summed E-state index contributed by atoms with van der Waals surface area (Å²) in [6, 6.07) is 10.2. The Morgan fingerprint density at radius 1 is 1.00 bits per heavy atom. The molecule has 0 aliphatic rings. The van der Waals surface area contributed by atoms with E-state index in [1.165, 1.54) is 0 Å². The maximum absolute atomic E-state index is 12.2. The van der Waals surface area contributed by atoms with Crippen molar-refractivity contribution in [2.45, 2.75) is 26.9 Å². The van der Waals surface area contributed by atoms with Crippen LogP contribution in [0.1, 0.15) is 35.3 Å². The molecule has 0 saturated heterocycles. The zero-order valence-corrected chi connectivity index (χ0v) is 16.9. The predicted molar refractivity (Wildman–Crippen MR) is 105 cm³/mol. The van der Waals surface area contributed by atoms with Crippen LogP contribution < -0.4 is 15.2 Å². The molecule has 1 amide bonds. The van der Waals surface area contributed by atoms with Gasteiger partial charge in [-0.3, -0.25) is 9.59 Å². The number of carbonyl (C=O) groups excluding carboxylic acids is 2. The summed E-state index contributed by atoms with van der Waals surface area (Å²) < 4.78 is 17.2. The Bertz CT molecular complexity index is 805. The van der Waals surface area contributed by atoms with Gasteiger partial charge in [0.05, 0.1) is 19.6 Å². The molecule has 0 saturated carbocycles. The van der Waals surface area contributed by atoms with Gasteiger partial charge in [-0.1, -0.05) is 28.1 Å². The van der Waals surface area contributed by atoms with Crippen LogP contribution in [0.4, 0.5) is 0 Å². The van der Waals surface area contributed by atoms with Crippen LogP contribution in [-0.2, 0) is 22.6 Å². The minimum atomic E-state index is -0.496. The first-order chi connectivity index (χ1) is 12.9. The molecule has 0 spiro atoms. The van der Waals surface area contributed by atoms with Crippen molar-refractivity contribution < 1.29 is 23.8 Å². The van der Waals surface area contributed by atoms with Crippen LogP contribution in [0.25, 0.3) is 0 Å². The molecule has 2 N–H and O–H groups in total. The molecule has 2 rings (SSSR count). The first-order valence-electron chi connectivity index (χ1n) is 8.57. The van der Waals surface area contributed by atoms with E-state index in [-0.39, 0.29) is 19.0 Å². The second-order valence-corrected chi connectivity index (χ2v) is 6.51. The highest BCUT2D eigenvalue weighted by molar-refractivity contribution is 9.10. The molecule has 6 nitrogen and oxygen atoms in total. The normalized spacial score (nSPS) is 10.3. The standard InChI is InChI=1S/C20H22BrNO5/c1-3-25-17-9-15(16(21)11-18(17)26-4-2)10-19(23)27-12-13-5-7-14(8-6-13)20(22)24/h5-9,11H,3-4,10,12H2,1-2H3,(H2,22,24). The van der Waals surface area contributed by atoms with Gasteiger partial charge in [0, 0.05) is 10.0 Å². The van der Waals surface area contributed by atoms with Gasteiger partial charge in [0.2, 0.25) is 5.91 Å². The molecule has 0 bridgehead atoms. The van der Waals surface area contributed by atoms with Crippen LogP contribution in [0.3, 0.4) is 0 Å². The summed E-state index contributed by atoms with van der Waals surface area (Å²) in [5.41, 5.74) is 7.13. The summed E-state index contributed by atoms with van der Waals surface area (Å²) in [6.45, 7) is 4.90. The van der Waals surface area contributed by atoms with Gasteiger partial charge in [-0.2, -0.15) is 0 Å². The van der Waals surface area contributed by atoms with Crippen LogP contribution in [0.15, 0.2) is 40.9 Å². The monoisotopic (exact) mass is 435 g/mol. The topological polar surface area (TPSA) is 87.9 Å². The Kier molecular flexibility index (Phi) is 7.67. The van der Waals surface area contributed by atoms with Crippen molar-refractivity contribution in [1.29, 1.82) is 0 Å². The highest BCUT2D eigenvalue weighted by Crippen LogP contribution is 2.34. The maximum atomic E-state index is 12.2. The van der Waals surface area contributed by atoms with Gasteiger partial charge in [-0.25, -0.2) is 0 Å². The number of ether oxygens (including phenoxy) is 3. The Morgan fingerprint density at radius 2 is 1.59 bits per heavy atom. The largest absolute Gasteiger partial charge is 0.490 e. The van der Waals surface area contributed by atoms with Gasteiger partial charge < -0.3 is 19.9 Å². The molecule has 7 heteroatoms. The van der Waals surface area contributed by atoms with Gasteiger partial charge in [0.1, 0.15) is 6.61 Å². The number of nitrogens with two attached hydrogens (primary N) is 1. The number of amides is 1. The Hall–Kier alpha value is -2.54. The predicted octanol–water partition coefficient (Wildman–Crippen LogP) is 3.63. The average Bonchev–Trinajstić information content (AvgIpc) is 2.64. The van der Waals surface area contributed by atoms with E-state index >= 15 is 0 Å². The van der Waals surface area contributed by atoms with Crippen molar-refractivity contribution in [3.63, 3.8) is 0 Å². The lowest BCUT2D eigenvalue weighted by Crippen LogP contribution is -2.11. The number of carbonyl (C=O) groups is 2. The fraction of sp³-hybridized carbons (Fsp3) is 0.300. The number of hydrogen-bond donors (Lipinski definition) is 1. The molecule has 0 aliphatic heterocycles. The quantitative estimate of drug-likeness (QED) is 0.607. The minimum absolute atomic E-state index is 0.0897. The number of halogens is 1. The van der Waals surface area contributed by atoms with E-state index in [1.807, 2.05) is 13.8 Å². The van der Waals surface area contributed by atoms with Crippen LogP contribution in [0.5, 0.6) is 11.5 Å². The second-order valence-electron chi connectivity index (χ2n) is 5.66. The van der Waals surface area contributed by atoms with Gasteiger partial charge >= 0.3 is 5.97 Å². The summed E-state index contributed by atoms with van der Waals surface area (Å²) in [6.07, 6.45) is 0.0897. The molecule has 2 aromatic carbocycles. The molecule has 0 aromatic heterocycles. The van der Waals surface area contributed by atoms with E-state index in [4.69, 9.17) is 19.9 Å². The van der Waals surface area contributed by atoms with Crippen molar-refractivity contribution in [2.75, 3.05) is 13.2 Å². The molecular weight excluding hydrogens is 414 g/mol. The van der Waals surface area contributed by atoms with Crippen LogP contribution in [0.2, 0.25) is 0 Å². The zero-order chi connectivity index (χ0) is 19.8. The molecule has 0 heterocycles. The van der Waals surface area contributed by atoms with Crippen molar-refractivity contribution in [3.8, 4) is 11.5 Å². The van der Waals surface area contributed by atoms with Gasteiger partial charge in [-0.15, -0.1) is 0 Å². The third-order valence-corrected chi connectivity index (χ3v) is 4.42. The zero-order valence-electron chi connectivity index (χ0n) is 15.3. The number of rotatable bonds is 9. The SMILES string of the molecule is CCOc1cc(Br)c(CC(=O)OCc2ccc(C(N)=O)cc2)cc1OCC. The maximum Gasteiger partial charge on any atom is 0.310 e. The highest BCUT2D eigenvalue weighted by atomic mass is 79.9. The molecule has 27 heavy (non-hydrogen) atoms. The Labute approximate surface area is 166 Å². The molecule has 0 fully saturated rings. The lowest BCUT2D eigenvalue weighted by atomic mass is 10.1. The van der Waals surface area contributed by atoms with Gasteiger partial charge in [0.15, 0.2) is 11.5 Å². The average molecular weight is 436 g/mol. The summed E-state index contributed by atoms with van der Waals surface area (Å²) >= 11 is 3.46. The van der Waals surface area contributed by atoms with Crippen LogP contribution >= 0.6 is 15.9 Å². The van der Waals surface area contributed by atoms with E-state index < -0.39 is 5.91 Å². The minimum Gasteiger partial charge on any atom is -0.490 e. The molecular formula is C20H22BrNO5. The highest BCUT2D eigenvalue weighted by Gasteiger charge is 2.14. The molecule has 0 aliphatic carbocycles. The lowest BCUT2D eigenvalue weighted by molar-refractivity contribution is -0.144. The van der Waals surface area contributed by atoms with Crippen molar-refractivity contribution in [3.05, 3.63) is 57.6 Å². The fourth-order valence-corrected chi connectivity index (χ4v) is 2.85. The van der Waals surface area contributed by atoms with Crippen molar-refractivity contribution in [2.24, 2.45) is 5.73 Å². The molecule has 144 valence electrons. The lowest BCUT2D eigenvalue weighted by Gasteiger charge is -2.14. The van der Waals surface area contributed by atoms with Crippen molar-refractivity contribution in [1.82, 2.24) is 0 Å². The number of hydrogen-bond acceptors (Lipinski definition) is 5. The van der Waals surface area contributed by atoms with Gasteiger partial charge in [-0.05, 0) is 49.2 Å². The third-order valence-electron chi connectivity index (χ3n) is 3.69. The number of primary amides is 1. The molecule has 0 unspecified atom stereocenters.